The lowest BCUT2D eigenvalue weighted by molar-refractivity contribution is -0.156. The summed E-state index contributed by atoms with van der Waals surface area (Å²) in [7, 11) is -2.27. The van der Waals surface area contributed by atoms with Gasteiger partial charge in [-0.25, -0.2) is 13.5 Å². The number of rotatable bonds is 3. The van der Waals surface area contributed by atoms with Crippen LogP contribution < -0.4 is 10.9 Å². The smallest absolute Gasteiger partial charge is 0.423 e. The highest BCUT2D eigenvalue weighted by atomic mass is 19.1. The molecule has 3 heterocycles. The standard InChI is InChI=1S/C17H24BN3O3.C6H5BF2O2.C4H6O3/c1-16(2)17(3,4)24-18(23-16)12-8-9-14-13(11-12)19-20-21(14)15-7-5-6-10-22-15;8-4-1-2-5(7(10)11)6(9)3-4;1-3(5)7-4(2)6/h8-9,11,15H,5-7,10H2,1-4H3;1-3,10-11H;1-2H3. The Kier molecular flexibility index (Phi) is 11.0. The van der Waals surface area contributed by atoms with Crippen molar-refractivity contribution in [2.75, 3.05) is 6.61 Å². The van der Waals surface area contributed by atoms with E-state index in [1.165, 1.54) is 13.8 Å². The Hall–Kier alpha value is -3.23. The quantitative estimate of drug-likeness (QED) is 0.265. The van der Waals surface area contributed by atoms with Gasteiger partial charge in [0.05, 0.1) is 16.7 Å². The first kappa shape index (κ1) is 33.3. The van der Waals surface area contributed by atoms with Gasteiger partial charge in [-0.2, -0.15) is 0 Å². The fourth-order valence-corrected chi connectivity index (χ4v) is 4.13. The first-order chi connectivity index (χ1) is 19.6. The van der Waals surface area contributed by atoms with E-state index < -0.39 is 30.7 Å². The Bertz CT molecular complexity index is 1370. The molecular formula is C27H35B2F2N3O8. The second-order valence-electron chi connectivity index (χ2n) is 10.8. The summed E-state index contributed by atoms with van der Waals surface area (Å²) >= 11 is 0. The van der Waals surface area contributed by atoms with E-state index in [9.17, 15) is 18.4 Å². The molecule has 3 aromatic rings. The molecule has 1 unspecified atom stereocenters. The molecule has 0 spiro atoms. The lowest BCUT2D eigenvalue weighted by Crippen LogP contribution is -2.41. The van der Waals surface area contributed by atoms with Crippen LogP contribution in [-0.2, 0) is 28.4 Å². The summed E-state index contributed by atoms with van der Waals surface area (Å²) in [6.45, 7) is 11.4. The number of aromatic nitrogens is 3. The normalized spacial score (nSPS) is 18.8. The molecule has 0 aliphatic carbocycles. The maximum atomic E-state index is 12.5. The van der Waals surface area contributed by atoms with Gasteiger partial charge < -0.3 is 28.8 Å². The van der Waals surface area contributed by atoms with Crippen LogP contribution in [0.25, 0.3) is 11.0 Å². The number of esters is 2. The number of fused-ring (bicyclic) bond motifs is 1. The fraction of sp³-hybridized carbons (Fsp3) is 0.481. The zero-order valence-electron chi connectivity index (χ0n) is 24.5. The molecule has 2 fully saturated rings. The fourth-order valence-electron chi connectivity index (χ4n) is 4.13. The van der Waals surface area contributed by atoms with Crippen LogP contribution in [0.5, 0.6) is 0 Å². The molecule has 42 heavy (non-hydrogen) atoms. The molecule has 0 radical (unpaired) electrons. The molecule has 11 nitrogen and oxygen atoms in total. The van der Waals surface area contributed by atoms with Crippen molar-refractivity contribution in [3.63, 3.8) is 0 Å². The second-order valence-corrected chi connectivity index (χ2v) is 10.8. The van der Waals surface area contributed by atoms with Gasteiger partial charge in [0.25, 0.3) is 0 Å². The zero-order valence-corrected chi connectivity index (χ0v) is 24.5. The third kappa shape index (κ3) is 8.42. The minimum absolute atomic E-state index is 0.00792. The van der Waals surface area contributed by atoms with Crippen molar-refractivity contribution in [3.8, 4) is 0 Å². The molecule has 1 aromatic heterocycles. The molecule has 0 bridgehead atoms. The van der Waals surface area contributed by atoms with Crippen LogP contribution in [0, 0.1) is 11.6 Å². The number of hydrogen-bond acceptors (Lipinski definition) is 10. The highest BCUT2D eigenvalue weighted by Gasteiger charge is 2.51. The van der Waals surface area contributed by atoms with E-state index in [2.05, 4.69) is 42.7 Å². The van der Waals surface area contributed by atoms with Crippen molar-refractivity contribution in [1.82, 2.24) is 15.0 Å². The molecule has 226 valence electrons. The lowest BCUT2D eigenvalue weighted by atomic mass is 9.79. The minimum atomic E-state index is -1.89. The molecule has 2 N–H and O–H groups in total. The van der Waals surface area contributed by atoms with E-state index in [4.69, 9.17) is 24.1 Å². The Balaban J connectivity index is 0.000000223. The highest BCUT2D eigenvalue weighted by molar-refractivity contribution is 6.62. The van der Waals surface area contributed by atoms with Crippen LogP contribution in [0.4, 0.5) is 8.78 Å². The number of carbonyl (C=O) groups excluding carboxylic acids is 2. The summed E-state index contributed by atoms with van der Waals surface area (Å²) in [5, 5.41) is 25.6. The average molecular weight is 589 g/mol. The summed E-state index contributed by atoms with van der Waals surface area (Å²) in [6.07, 6.45) is 3.26. The maximum Gasteiger partial charge on any atom is 0.494 e. The van der Waals surface area contributed by atoms with Gasteiger partial charge in [-0.1, -0.05) is 17.3 Å². The predicted molar refractivity (Wildman–Crippen MR) is 151 cm³/mol. The SMILES string of the molecule is CC(=O)OC(C)=O.CC1(C)OB(c2ccc3c(c2)nnn3C2CCCCO2)OC1(C)C.OB(O)c1ccc(F)cc1F. The number of hydrogen-bond donors (Lipinski definition) is 2. The summed E-state index contributed by atoms with van der Waals surface area (Å²) in [5.41, 5.74) is 1.78. The molecule has 5 rings (SSSR count). The molecule has 2 saturated heterocycles. The Morgan fingerprint density at radius 1 is 1.02 bits per heavy atom. The third-order valence-corrected chi connectivity index (χ3v) is 6.98. The van der Waals surface area contributed by atoms with Crippen molar-refractivity contribution in [3.05, 3.63) is 48.0 Å². The molecule has 0 amide bonds. The lowest BCUT2D eigenvalue weighted by Gasteiger charge is -2.32. The molecule has 1 atom stereocenters. The minimum Gasteiger partial charge on any atom is -0.423 e. The van der Waals surface area contributed by atoms with E-state index >= 15 is 0 Å². The van der Waals surface area contributed by atoms with Crippen molar-refractivity contribution < 1.29 is 47.2 Å². The van der Waals surface area contributed by atoms with Crippen LogP contribution in [-0.4, -0.2) is 69.0 Å². The monoisotopic (exact) mass is 589 g/mol. The topological polar surface area (TPSA) is 142 Å². The van der Waals surface area contributed by atoms with Crippen molar-refractivity contribution >= 4 is 48.1 Å². The second kappa shape index (κ2) is 13.8. The maximum absolute atomic E-state index is 12.5. The summed E-state index contributed by atoms with van der Waals surface area (Å²) in [4.78, 5) is 19.6. The van der Waals surface area contributed by atoms with E-state index in [1.807, 2.05) is 22.9 Å². The number of halogens is 2. The third-order valence-electron chi connectivity index (χ3n) is 6.98. The van der Waals surface area contributed by atoms with Gasteiger partial charge in [-0.05, 0) is 70.6 Å². The van der Waals surface area contributed by atoms with Crippen molar-refractivity contribution in [2.45, 2.75) is 78.2 Å². The summed E-state index contributed by atoms with van der Waals surface area (Å²) in [6, 6.07) is 8.60. The van der Waals surface area contributed by atoms with Crippen molar-refractivity contribution in [2.24, 2.45) is 0 Å². The number of nitrogens with zero attached hydrogens (tertiary/aromatic N) is 3. The van der Waals surface area contributed by atoms with Crippen molar-refractivity contribution in [1.29, 1.82) is 0 Å². The van der Waals surface area contributed by atoms with Crippen LogP contribution in [0.15, 0.2) is 36.4 Å². The van der Waals surface area contributed by atoms with Crippen LogP contribution >= 0.6 is 0 Å². The van der Waals surface area contributed by atoms with E-state index in [0.29, 0.717) is 6.07 Å². The molecule has 2 aromatic carbocycles. The van der Waals surface area contributed by atoms with E-state index in [1.54, 1.807) is 0 Å². The van der Waals surface area contributed by atoms with Gasteiger partial charge >= 0.3 is 26.2 Å². The molecule has 15 heteroatoms. The number of ether oxygens (including phenoxy) is 2. The van der Waals surface area contributed by atoms with Gasteiger partial charge in [0.1, 0.15) is 17.2 Å². The van der Waals surface area contributed by atoms with Crippen LogP contribution in [0.1, 0.15) is 67.0 Å². The zero-order chi connectivity index (χ0) is 31.2. The molecule has 2 aliphatic rings. The first-order valence-electron chi connectivity index (χ1n) is 13.4. The highest BCUT2D eigenvalue weighted by Crippen LogP contribution is 2.36. The van der Waals surface area contributed by atoms with Gasteiger partial charge in [-0.3, -0.25) is 9.59 Å². The Morgan fingerprint density at radius 3 is 2.17 bits per heavy atom. The molecule has 2 aliphatic heterocycles. The van der Waals surface area contributed by atoms with Gasteiger partial charge in [0, 0.05) is 32.0 Å². The summed E-state index contributed by atoms with van der Waals surface area (Å²) in [5.74, 6) is -2.83. The van der Waals surface area contributed by atoms with Crippen LogP contribution in [0.2, 0.25) is 0 Å². The largest absolute Gasteiger partial charge is 0.494 e. The average Bonchev–Trinajstić information content (AvgIpc) is 3.40. The predicted octanol–water partition coefficient (Wildman–Crippen LogP) is 2.17. The summed E-state index contributed by atoms with van der Waals surface area (Å²) < 4.78 is 48.7. The van der Waals surface area contributed by atoms with Gasteiger partial charge in [0.15, 0.2) is 6.23 Å². The first-order valence-corrected chi connectivity index (χ1v) is 13.4. The van der Waals surface area contributed by atoms with Gasteiger partial charge in [0.2, 0.25) is 0 Å². The number of carbonyl (C=O) groups is 2. The Morgan fingerprint density at radius 2 is 1.67 bits per heavy atom. The Labute approximate surface area is 243 Å². The number of benzene rings is 2. The van der Waals surface area contributed by atoms with Crippen LogP contribution in [0.3, 0.4) is 0 Å². The van der Waals surface area contributed by atoms with Gasteiger partial charge in [-0.15, -0.1) is 5.10 Å². The van der Waals surface area contributed by atoms with E-state index in [-0.39, 0.29) is 30.0 Å². The molecular weight excluding hydrogens is 554 g/mol. The van der Waals surface area contributed by atoms with E-state index in [0.717, 1.165) is 54.5 Å². The molecule has 0 saturated carbocycles.